The number of amides is 2. The Bertz CT molecular complexity index is 1170. The molecular weight excluding hydrogens is 491 g/mol. The van der Waals surface area contributed by atoms with Crippen molar-refractivity contribution in [3.05, 3.63) is 106 Å². The molecule has 35 heavy (non-hydrogen) atoms. The molecule has 3 atom stereocenters. The van der Waals surface area contributed by atoms with E-state index in [1.807, 2.05) is 0 Å². The van der Waals surface area contributed by atoms with Crippen molar-refractivity contribution in [3.8, 4) is 0 Å². The first-order valence-corrected chi connectivity index (χ1v) is 11.5. The number of carbonyl (C=O) groups is 3. The zero-order valence-electron chi connectivity index (χ0n) is 18.8. The third-order valence-corrected chi connectivity index (χ3v) is 5.89. The summed E-state index contributed by atoms with van der Waals surface area (Å²) in [5, 5.41) is 16.9. The van der Waals surface area contributed by atoms with E-state index in [1.165, 1.54) is 13.2 Å². The van der Waals surface area contributed by atoms with Gasteiger partial charge in [0, 0.05) is 22.0 Å². The first-order valence-electron chi connectivity index (χ1n) is 10.7. The molecule has 0 aromatic heterocycles. The highest BCUT2D eigenvalue weighted by atomic mass is 35.5. The molecule has 0 saturated heterocycles. The van der Waals surface area contributed by atoms with Gasteiger partial charge in [-0.2, -0.15) is 0 Å². The number of halogens is 2. The third kappa shape index (κ3) is 7.05. The van der Waals surface area contributed by atoms with E-state index in [4.69, 9.17) is 27.9 Å². The molecule has 0 aliphatic rings. The Kier molecular flexibility index (Phi) is 9.25. The zero-order valence-corrected chi connectivity index (χ0v) is 20.3. The summed E-state index contributed by atoms with van der Waals surface area (Å²) >= 11 is 12.2. The minimum Gasteiger partial charge on any atom is -0.467 e. The summed E-state index contributed by atoms with van der Waals surface area (Å²) in [6.07, 6.45) is -1.70. The van der Waals surface area contributed by atoms with Crippen LogP contribution in [-0.4, -0.2) is 42.1 Å². The van der Waals surface area contributed by atoms with Gasteiger partial charge in [0.2, 0.25) is 0 Å². The number of aliphatic hydroxyl groups excluding tert-OH is 1. The van der Waals surface area contributed by atoms with Gasteiger partial charge in [0.05, 0.1) is 13.2 Å². The van der Waals surface area contributed by atoms with Crippen LogP contribution in [0.25, 0.3) is 0 Å². The van der Waals surface area contributed by atoms with Crippen LogP contribution >= 0.6 is 23.2 Å². The van der Waals surface area contributed by atoms with Crippen LogP contribution in [0.3, 0.4) is 0 Å². The van der Waals surface area contributed by atoms with Crippen LogP contribution < -0.4 is 10.6 Å². The van der Waals surface area contributed by atoms with Gasteiger partial charge in [0.25, 0.3) is 11.8 Å². The van der Waals surface area contributed by atoms with Crippen molar-refractivity contribution in [3.63, 3.8) is 0 Å². The van der Waals surface area contributed by atoms with Crippen LogP contribution in [0, 0.1) is 0 Å². The van der Waals surface area contributed by atoms with Crippen LogP contribution in [0.4, 0.5) is 0 Å². The largest absolute Gasteiger partial charge is 0.467 e. The monoisotopic (exact) mass is 514 g/mol. The first kappa shape index (κ1) is 26.2. The standard InChI is InChI=1S/C26H24Cl2N2O5/c1-35-26(34)21(14-18-12-13-19(27)15-20(18)28)29-25(33)23(31)22(16-8-4-2-5-9-16)30-24(32)17-10-6-3-7-11-17/h2-13,15,21-23,31H,14H2,1H3,(H,29,33)(H,30,32)/t21-,22-,23+/m0/s1. The lowest BCUT2D eigenvalue weighted by molar-refractivity contribution is -0.146. The maximum Gasteiger partial charge on any atom is 0.328 e. The molecule has 3 N–H and O–H groups in total. The predicted molar refractivity (Wildman–Crippen MR) is 133 cm³/mol. The molecule has 2 amide bonds. The molecule has 0 fully saturated rings. The van der Waals surface area contributed by atoms with Gasteiger partial charge in [-0.15, -0.1) is 0 Å². The van der Waals surface area contributed by atoms with Gasteiger partial charge in [-0.05, 0) is 35.4 Å². The molecule has 0 saturated carbocycles. The molecule has 0 aliphatic carbocycles. The highest BCUT2D eigenvalue weighted by molar-refractivity contribution is 6.35. The Labute approximate surface area is 213 Å². The smallest absolute Gasteiger partial charge is 0.328 e. The van der Waals surface area contributed by atoms with Gasteiger partial charge in [-0.25, -0.2) is 4.79 Å². The van der Waals surface area contributed by atoms with Crippen LogP contribution in [0.1, 0.15) is 27.5 Å². The number of benzene rings is 3. The summed E-state index contributed by atoms with van der Waals surface area (Å²) in [5.41, 5.74) is 1.43. The topological polar surface area (TPSA) is 105 Å². The number of hydrogen-bond donors (Lipinski definition) is 3. The van der Waals surface area contributed by atoms with Gasteiger partial charge in [-0.1, -0.05) is 77.8 Å². The third-order valence-electron chi connectivity index (χ3n) is 5.31. The van der Waals surface area contributed by atoms with Crippen LogP contribution in [0.5, 0.6) is 0 Å². The van der Waals surface area contributed by atoms with Gasteiger partial charge >= 0.3 is 5.97 Å². The van der Waals surface area contributed by atoms with Crippen LogP contribution in [-0.2, 0) is 20.7 Å². The van der Waals surface area contributed by atoms with E-state index in [2.05, 4.69) is 10.6 Å². The summed E-state index contributed by atoms with van der Waals surface area (Å²) < 4.78 is 4.82. The second-order valence-corrected chi connectivity index (χ2v) is 8.54. The van der Waals surface area contributed by atoms with E-state index in [9.17, 15) is 19.5 Å². The lowest BCUT2D eigenvalue weighted by Gasteiger charge is -2.26. The van der Waals surface area contributed by atoms with E-state index in [-0.39, 0.29) is 6.42 Å². The van der Waals surface area contributed by atoms with Crippen molar-refractivity contribution in [1.82, 2.24) is 10.6 Å². The molecule has 0 heterocycles. The molecule has 0 aliphatic heterocycles. The lowest BCUT2D eigenvalue weighted by atomic mass is 9.99. The average Bonchev–Trinajstić information content (AvgIpc) is 2.88. The number of carbonyl (C=O) groups excluding carboxylic acids is 3. The molecule has 7 nitrogen and oxygen atoms in total. The van der Waals surface area contributed by atoms with E-state index >= 15 is 0 Å². The van der Waals surface area contributed by atoms with Crippen molar-refractivity contribution in [2.75, 3.05) is 7.11 Å². The van der Waals surface area contributed by atoms with Crippen molar-refractivity contribution in [2.24, 2.45) is 0 Å². The minimum absolute atomic E-state index is 0.00745. The number of ether oxygens (including phenoxy) is 1. The fourth-order valence-electron chi connectivity index (χ4n) is 3.47. The Hall–Kier alpha value is -3.39. The second-order valence-electron chi connectivity index (χ2n) is 7.70. The second kappa shape index (κ2) is 12.4. The minimum atomic E-state index is -1.71. The van der Waals surface area contributed by atoms with Gasteiger partial charge in [0.15, 0.2) is 6.10 Å². The highest BCUT2D eigenvalue weighted by Gasteiger charge is 2.32. The van der Waals surface area contributed by atoms with Crippen LogP contribution in [0.2, 0.25) is 10.0 Å². The number of aliphatic hydroxyl groups is 1. The van der Waals surface area contributed by atoms with Gasteiger partial charge < -0.3 is 20.5 Å². The first-order chi connectivity index (χ1) is 16.8. The number of nitrogens with one attached hydrogen (secondary N) is 2. The molecule has 3 rings (SSSR count). The van der Waals surface area contributed by atoms with Gasteiger partial charge in [0.1, 0.15) is 6.04 Å². The van der Waals surface area contributed by atoms with Crippen molar-refractivity contribution < 1.29 is 24.2 Å². The summed E-state index contributed by atoms with van der Waals surface area (Å²) in [7, 11) is 1.19. The van der Waals surface area contributed by atoms with E-state index in [0.717, 1.165) is 0 Å². The lowest BCUT2D eigenvalue weighted by Crippen LogP contribution is -2.51. The molecular formula is C26H24Cl2N2O5. The highest BCUT2D eigenvalue weighted by Crippen LogP contribution is 2.23. The fourth-order valence-corrected chi connectivity index (χ4v) is 3.96. The molecule has 0 unspecified atom stereocenters. The SMILES string of the molecule is COC(=O)[C@H](Cc1ccc(Cl)cc1Cl)NC(=O)[C@H](O)[C@@H](NC(=O)c1ccccc1)c1ccccc1. The van der Waals surface area contributed by atoms with E-state index < -0.39 is 36.0 Å². The Morgan fingerprint density at radius 2 is 1.54 bits per heavy atom. The Morgan fingerprint density at radius 3 is 2.14 bits per heavy atom. The molecule has 0 spiro atoms. The normalized spacial score (nSPS) is 13.3. The van der Waals surface area contributed by atoms with E-state index in [0.29, 0.717) is 26.7 Å². The molecule has 3 aromatic rings. The van der Waals surface area contributed by atoms with Crippen molar-refractivity contribution in [2.45, 2.75) is 24.6 Å². The predicted octanol–water partition coefficient (Wildman–Crippen LogP) is 3.73. The summed E-state index contributed by atoms with van der Waals surface area (Å²) in [6.45, 7) is 0. The Balaban J connectivity index is 1.82. The fraction of sp³-hybridized carbons (Fsp3) is 0.192. The maximum absolute atomic E-state index is 13.1. The summed E-state index contributed by atoms with van der Waals surface area (Å²) in [4.78, 5) is 38.2. The molecule has 3 aromatic carbocycles. The van der Waals surface area contributed by atoms with E-state index in [1.54, 1.807) is 72.8 Å². The number of rotatable bonds is 9. The molecule has 182 valence electrons. The molecule has 0 radical (unpaired) electrons. The van der Waals surface area contributed by atoms with Crippen LogP contribution in [0.15, 0.2) is 78.9 Å². The molecule has 9 heteroatoms. The van der Waals surface area contributed by atoms with Crippen molar-refractivity contribution in [1.29, 1.82) is 0 Å². The zero-order chi connectivity index (χ0) is 25.4. The maximum atomic E-state index is 13.1. The Morgan fingerprint density at radius 1 is 0.914 bits per heavy atom. The quantitative estimate of drug-likeness (QED) is 0.377. The number of esters is 1. The van der Waals surface area contributed by atoms with Gasteiger partial charge in [-0.3, -0.25) is 9.59 Å². The number of methoxy groups -OCH3 is 1. The number of hydrogen-bond acceptors (Lipinski definition) is 5. The average molecular weight is 515 g/mol. The molecule has 0 bridgehead atoms. The summed E-state index contributed by atoms with van der Waals surface area (Å²) in [5.74, 6) is -2.06. The summed E-state index contributed by atoms with van der Waals surface area (Å²) in [6, 6.07) is 19.5. The van der Waals surface area contributed by atoms with Crippen molar-refractivity contribution >= 4 is 41.0 Å².